The number of hydrogen-bond acceptors (Lipinski definition) is 5. The number of esters is 1. The van der Waals surface area contributed by atoms with Crippen LogP contribution in [0.25, 0.3) is 0 Å². The fourth-order valence-electron chi connectivity index (χ4n) is 2.41. The standard InChI is InChI=1S/C16H22O5/c1-18-15(17)9-14-8-13(10-16(19-2)21-14)20-11-12-6-4-3-5-7-12/h3-7,13-14,16H,8-11H2,1-2H3/t13-,14-,16?/m1/s1. The van der Waals surface area contributed by atoms with Crippen LogP contribution in [-0.4, -0.2) is 38.7 Å². The van der Waals surface area contributed by atoms with Crippen molar-refractivity contribution in [3.8, 4) is 0 Å². The summed E-state index contributed by atoms with van der Waals surface area (Å²) in [6.07, 6.45) is 1.01. The van der Waals surface area contributed by atoms with Gasteiger partial charge in [-0.2, -0.15) is 0 Å². The van der Waals surface area contributed by atoms with E-state index in [0.29, 0.717) is 19.4 Å². The van der Waals surface area contributed by atoms with Gasteiger partial charge in [0, 0.05) is 20.0 Å². The molecule has 0 aliphatic carbocycles. The van der Waals surface area contributed by atoms with E-state index in [2.05, 4.69) is 4.74 Å². The van der Waals surface area contributed by atoms with E-state index >= 15 is 0 Å². The molecule has 1 aromatic rings. The maximum Gasteiger partial charge on any atom is 0.308 e. The second-order valence-corrected chi connectivity index (χ2v) is 5.09. The van der Waals surface area contributed by atoms with Crippen LogP contribution < -0.4 is 0 Å². The maximum absolute atomic E-state index is 11.4. The largest absolute Gasteiger partial charge is 0.469 e. The Bertz CT molecular complexity index is 434. The molecule has 1 heterocycles. The van der Waals surface area contributed by atoms with Gasteiger partial charge in [-0.1, -0.05) is 30.3 Å². The summed E-state index contributed by atoms with van der Waals surface area (Å²) in [6, 6.07) is 10.0. The van der Waals surface area contributed by atoms with Crippen molar-refractivity contribution in [2.24, 2.45) is 0 Å². The molecule has 0 spiro atoms. The number of rotatable bonds is 6. The van der Waals surface area contributed by atoms with Crippen molar-refractivity contribution in [3.05, 3.63) is 35.9 Å². The Morgan fingerprint density at radius 1 is 1.24 bits per heavy atom. The summed E-state index contributed by atoms with van der Waals surface area (Å²) in [5.74, 6) is -0.279. The normalized spacial score (nSPS) is 25.5. The van der Waals surface area contributed by atoms with Gasteiger partial charge in [0.25, 0.3) is 0 Å². The van der Waals surface area contributed by atoms with Crippen molar-refractivity contribution in [2.75, 3.05) is 14.2 Å². The first-order valence-electron chi connectivity index (χ1n) is 7.12. The number of carbonyl (C=O) groups is 1. The van der Waals surface area contributed by atoms with Crippen molar-refractivity contribution in [1.29, 1.82) is 0 Å². The molecule has 5 nitrogen and oxygen atoms in total. The third-order valence-corrected chi connectivity index (χ3v) is 3.54. The molecular weight excluding hydrogens is 272 g/mol. The average Bonchev–Trinajstić information content (AvgIpc) is 2.53. The van der Waals surface area contributed by atoms with Gasteiger partial charge < -0.3 is 18.9 Å². The number of ether oxygens (including phenoxy) is 4. The number of benzene rings is 1. The van der Waals surface area contributed by atoms with Crippen LogP contribution in [0.4, 0.5) is 0 Å². The first-order valence-corrected chi connectivity index (χ1v) is 7.12. The van der Waals surface area contributed by atoms with Gasteiger partial charge in [0.15, 0.2) is 6.29 Å². The van der Waals surface area contributed by atoms with Gasteiger partial charge in [0.05, 0.1) is 32.3 Å². The summed E-state index contributed by atoms with van der Waals surface area (Å²) in [6.45, 7) is 0.548. The van der Waals surface area contributed by atoms with Crippen LogP contribution >= 0.6 is 0 Å². The van der Waals surface area contributed by atoms with Gasteiger partial charge in [0.2, 0.25) is 0 Å². The van der Waals surface area contributed by atoms with Crippen LogP contribution in [0.15, 0.2) is 30.3 Å². The van der Waals surface area contributed by atoms with Crippen LogP contribution in [0.2, 0.25) is 0 Å². The molecule has 0 amide bonds. The molecule has 1 fully saturated rings. The maximum atomic E-state index is 11.4. The summed E-state index contributed by atoms with van der Waals surface area (Å²) in [5, 5.41) is 0. The molecule has 1 aliphatic rings. The van der Waals surface area contributed by atoms with Gasteiger partial charge in [0.1, 0.15) is 0 Å². The molecule has 116 valence electrons. The predicted molar refractivity (Wildman–Crippen MR) is 76.6 cm³/mol. The summed E-state index contributed by atoms with van der Waals surface area (Å²) >= 11 is 0. The molecule has 0 saturated carbocycles. The zero-order chi connectivity index (χ0) is 15.1. The molecule has 2 rings (SSSR count). The average molecular weight is 294 g/mol. The molecule has 21 heavy (non-hydrogen) atoms. The Hall–Kier alpha value is -1.43. The van der Waals surface area contributed by atoms with E-state index < -0.39 is 0 Å². The fourth-order valence-corrected chi connectivity index (χ4v) is 2.41. The topological polar surface area (TPSA) is 54.0 Å². The van der Waals surface area contributed by atoms with Gasteiger partial charge in [-0.05, 0) is 5.56 Å². The van der Waals surface area contributed by atoms with Crippen molar-refractivity contribution >= 4 is 5.97 Å². The highest BCUT2D eigenvalue weighted by molar-refractivity contribution is 5.69. The number of methoxy groups -OCH3 is 2. The molecule has 0 N–H and O–H groups in total. The SMILES string of the molecule is COC(=O)C[C@H]1C[C@@H](OCc2ccccc2)CC(OC)O1. The van der Waals surface area contributed by atoms with E-state index in [9.17, 15) is 4.79 Å². The van der Waals surface area contributed by atoms with E-state index in [-0.39, 0.29) is 30.9 Å². The van der Waals surface area contributed by atoms with Crippen molar-refractivity contribution in [3.63, 3.8) is 0 Å². The van der Waals surface area contributed by atoms with Crippen LogP contribution in [0.5, 0.6) is 0 Å². The van der Waals surface area contributed by atoms with Crippen molar-refractivity contribution in [2.45, 2.75) is 44.4 Å². The fraction of sp³-hybridized carbons (Fsp3) is 0.562. The zero-order valence-electron chi connectivity index (χ0n) is 12.5. The van der Waals surface area contributed by atoms with Crippen molar-refractivity contribution in [1.82, 2.24) is 0 Å². The van der Waals surface area contributed by atoms with E-state index in [1.165, 1.54) is 7.11 Å². The lowest BCUT2D eigenvalue weighted by Crippen LogP contribution is -2.39. The molecule has 1 unspecified atom stereocenters. The molecule has 5 heteroatoms. The summed E-state index contributed by atoms with van der Waals surface area (Å²) < 4.78 is 21.6. The van der Waals surface area contributed by atoms with E-state index in [1.54, 1.807) is 7.11 Å². The van der Waals surface area contributed by atoms with E-state index in [4.69, 9.17) is 14.2 Å². The Labute approximate surface area is 125 Å². The molecule has 3 atom stereocenters. The first kappa shape index (κ1) is 15.9. The van der Waals surface area contributed by atoms with Crippen LogP contribution in [0, 0.1) is 0 Å². The summed E-state index contributed by atoms with van der Waals surface area (Å²) in [7, 11) is 2.97. The highest BCUT2D eigenvalue weighted by Gasteiger charge is 2.31. The van der Waals surface area contributed by atoms with Crippen LogP contribution in [-0.2, 0) is 30.3 Å². The van der Waals surface area contributed by atoms with Gasteiger partial charge in [-0.25, -0.2) is 0 Å². The Morgan fingerprint density at radius 2 is 2.00 bits per heavy atom. The lowest BCUT2D eigenvalue weighted by Gasteiger charge is -2.34. The van der Waals surface area contributed by atoms with Crippen LogP contribution in [0.1, 0.15) is 24.8 Å². The Kier molecular flexibility index (Phi) is 6.17. The Balaban J connectivity index is 1.87. The molecule has 0 aromatic heterocycles. The second-order valence-electron chi connectivity index (χ2n) is 5.09. The lowest BCUT2D eigenvalue weighted by atomic mass is 10.0. The third kappa shape index (κ3) is 5.12. The third-order valence-electron chi connectivity index (χ3n) is 3.54. The molecule has 1 aromatic carbocycles. The van der Waals surface area contributed by atoms with Gasteiger partial charge in [-0.15, -0.1) is 0 Å². The minimum atomic E-state index is -0.339. The molecule has 0 bridgehead atoms. The molecular formula is C16H22O5. The van der Waals surface area contributed by atoms with Crippen LogP contribution in [0.3, 0.4) is 0 Å². The highest BCUT2D eigenvalue weighted by Crippen LogP contribution is 2.25. The summed E-state index contributed by atoms with van der Waals surface area (Å²) in [5.41, 5.74) is 1.13. The van der Waals surface area contributed by atoms with Crippen molar-refractivity contribution < 1.29 is 23.7 Å². The molecule has 1 saturated heterocycles. The minimum absolute atomic E-state index is 0.0126. The summed E-state index contributed by atoms with van der Waals surface area (Å²) in [4.78, 5) is 11.4. The smallest absolute Gasteiger partial charge is 0.308 e. The lowest BCUT2D eigenvalue weighted by molar-refractivity contribution is -0.215. The Morgan fingerprint density at radius 3 is 2.67 bits per heavy atom. The zero-order valence-corrected chi connectivity index (χ0v) is 12.5. The van der Waals surface area contributed by atoms with Gasteiger partial charge in [-0.3, -0.25) is 4.79 Å². The minimum Gasteiger partial charge on any atom is -0.469 e. The molecule has 0 radical (unpaired) electrons. The number of hydrogen-bond donors (Lipinski definition) is 0. The van der Waals surface area contributed by atoms with Gasteiger partial charge >= 0.3 is 5.97 Å². The first-order chi connectivity index (χ1) is 10.2. The number of carbonyl (C=O) groups excluding carboxylic acids is 1. The predicted octanol–water partition coefficient (Wildman–Crippen LogP) is 2.29. The highest BCUT2D eigenvalue weighted by atomic mass is 16.7. The molecule has 1 aliphatic heterocycles. The van der Waals surface area contributed by atoms with E-state index in [0.717, 1.165) is 5.56 Å². The monoisotopic (exact) mass is 294 g/mol. The quantitative estimate of drug-likeness (QED) is 0.753. The second kappa shape index (κ2) is 8.12. The van der Waals surface area contributed by atoms with E-state index in [1.807, 2.05) is 30.3 Å².